The lowest BCUT2D eigenvalue weighted by molar-refractivity contribution is 0.0466. The Kier molecular flexibility index (Phi) is 5.11. The molecule has 3 aromatic heterocycles. The number of aryl methyl sites for hydroxylation is 3. The van der Waals surface area contributed by atoms with Gasteiger partial charge in [-0.05, 0) is 38.7 Å². The van der Waals surface area contributed by atoms with Gasteiger partial charge in [0.05, 0.1) is 10.7 Å². The molecule has 1 aliphatic rings. The zero-order valence-electron chi connectivity index (χ0n) is 16.7. The second-order valence-electron chi connectivity index (χ2n) is 7.40. The van der Waals surface area contributed by atoms with E-state index in [1.165, 1.54) is 22.3 Å². The molecule has 0 saturated carbocycles. The number of thiazole rings is 1. The van der Waals surface area contributed by atoms with Crippen LogP contribution in [0.25, 0.3) is 16.2 Å². The van der Waals surface area contributed by atoms with Crippen molar-refractivity contribution in [3.05, 3.63) is 73.3 Å². The van der Waals surface area contributed by atoms with E-state index in [1.54, 1.807) is 35.6 Å². The van der Waals surface area contributed by atoms with Crippen LogP contribution in [0, 0.1) is 6.92 Å². The van der Waals surface area contributed by atoms with Gasteiger partial charge in [-0.25, -0.2) is 9.78 Å². The highest BCUT2D eigenvalue weighted by Gasteiger charge is 2.25. The van der Waals surface area contributed by atoms with Crippen LogP contribution in [0.5, 0.6) is 0 Å². The third-order valence-corrected chi connectivity index (χ3v) is 6.83. The summed E-state index contributed by atoms with van der Waals surface area (Å²) in [5, 5.41) is 4.44. The predicted molar refractivity (Wildman–Crippen MR) is 117 cm³/mol. The Hall–Kier alpha value is -2.97. The summed E-state index contributed by atoms with van der Waals surface area (Å²) < 4.78 is 12.4. The normalized spacial score (nSPS) is 13.4. The lowest BCUT2D eigenvalue weighted by Gasteiger charge is -2.10. The Morgan fingerprint density at radius 2 is 2.10 bits per heavy atom. The molecule has 0 aliphatic heterocycles. The van der Waals surface area contributed by atoms with Crippen LogP contribution in [0.4, 0.5) is 0 Å². The number of carbonyl (C=O) groups is 1. The maximum Gasteiger partial charge on any atom is 0.344 e. The van der Waals surface area contributed by atoms with E-state index in [4.69, 9.17) is 20.9 Å². The first-order valence-electron chi connectivity index (χ1n) is 9.94. The minimum absolute atomic E-state index is 0.125. The number of aromatic nitrogens is 3. The molecule has 0 atom stereocenters. The van der Waals surface area contributed by atoms with Gasteiger partial charge in [0.2, 0.25) is 0 Å². The van der Waals surface area contributed by atoms with Crippen LogP contribution in [-0.4, -0.2) is 20.5 Å². The zero-order valence-corrected chi connectivity index (χ0v) is 18.3. The molecule has 4 aromatic rings. The fraction of sp³-hybridized carbons (Fsp3) is 0.273. The Balaban J connectivity index is 1.42. The molecule has 31 heavy (non-hydrogen) atoms. The molecule has 158 valence electrons. The van der Waals surface area contributed by atoms with E-state index in [2.05, 4.69) is 10.1 Å². The van der Waals surface area contributed by atoms with Crippen molar-refractivity contribution in [3.8, 4) is 11.3 Å². The van der Waals surface area contributed by atoms with Crippen molar-refractivity contribution >= 4 is 33.9 Å². The molecule has 7 nitrogen and oxygen atoms in total. The van der Waals surface area contributed by atoms with Gasteiger partial charge in [-0.1, -0.05) is 35.0 Å². The van der Waals surface area contributed by atoms with Gasteiger partial charge < -0.3 is 9.26 Å². The molecule has 0 amide bonds. The van der Waals surface area contributed by atoms with E-state index in [9.17, 15) is 9.59 Å². The van der Waals surface area contributed by atoms with Crippen molar-refractivity contribution in [3.63, 3.8) is 0 Å². The average molecular weight is 456 g/mol. The van der Waals surface area contributed by atoms with Crippen molar-refractivity contribution in [2.75, 3.05) is 0 Å². The van der Waals surface area contributed by atoms with Crippen molar-refractivity contribution < 1.29 is 14.1 Å². The third kappa shape index (κ3) is 3.55. The first-order valence-corrected chi connectivity index (χ1v) is 11.1. The quantitative estimate of drug-likeness (QED) is 0.418. The minimum atomic E-state index is -0.610. The van der Waals surface area contributed by atoms with Crippen LogP contribution in [0.2, 0.25) is 5.02 Å². The van der Waals surface area contributed by atoms with E-state index in [0.29, 0.717) is 32.7 Å². The van der Waals surface area contributed by atoms with E-state index in [-0.39, 0.29) is 17.7 Å². The average Bonchev–Trinajstić information content (AvgIpc) is 3.33. The van der Waals surface area contributed by atoms with Gasteiger partial charge in [-0.3, -0.25) is 9.20 Å². The molecule has 5 rings (SSSR count). The maximum atomic E-state index is 12.8. The van der Waals surface area contributed by atoms with Crippen LogP contribution >= 0.6 is 22.9 Å². The standard InChI is InChI=1S/C22H18ClN3O4S/c1-12-19(20(25-30-12)14-6-2-3-7-15(14)23)21(28)29-11-13-10-18(27)26-16-8-4-5-9-17(16)31-22(26)24-13/h2-3,6-7,10H,4-5,8-9,11H2,1H3. The SMILES string of the molecule is Cc1onc(-c2ccccc2Cl)c1C(=O)OCc1cc(=O)n2c3c(sc2n1)CCCC3. The lowest BCUT2D eigenvalue weighted by Crippen LogP contribution is -2.18. The molecule has 3 heterocycles. The Bertz CT molecular complexity index is 1370. The van der Waals surface area contributed by atoms with Crippen molar-refractivity contribution in [1.82, 2.24) is 14.5 Å². The summed E-state index contributed by atoms with van der Waals surface area (Å²) in [4.78, 5) is 31.9. The molecule has 0 N–H and O–H groups in total. The Labute approximate surface area is 186 Å². The summed E-state index contributed by atoms with van der Waals surface area (Å²) in [5.41, 5.74) is 2.44. The van der Waals surface area contributed by atoms with Gasteiger partial charge >= 0.3 is 5.97 Å². The molecule has 0 fully saturated rings. The second kappa shape index (κ2) is 7.94. The fourth-order valence-electron chi connectivity index (χ4n) is 3.88. The highest BCUT2D eigenvalue weighted by atomic mass is 35.5. The van der Waals surface area contributed by atoms with Gasteiger partial charge in [0.1, 0.15) is 23.6 Å². The smallest absolute Gasteiger partial charge is 0.344 e. The number of ether oxygens (including phenoxy) is 1. The Morgan fingerprint density at radius 3 is 2.94 bits per heavy atom. The van der Waals surface area contributed by atoms with Crippen molar-refractivity contribution in [2.45, 2.75) is 39.2 Å². The molecular formula is C22H18ClN3O4S. The number of hydrogen-bond donors (Lipinski definition) is 0. The largest absolute Gasteiger partial charge is 0.455 e. The summed E-state index contributed by atoms with van der Waals surface area (Å²) in [6.07, 6.45) is 4.08. The van der Waals surface area contributed by atoms with Gasteiger partial charge in [-0.15, -0.1) is 11.3 Å². The zero-order chi connectivity index (χ0) is 21.5. The van der Waals surface area contributed by atoms with Crippen molar-refractivity contribution in [2.24, 2.45) is 0 Å². The van der Waals surface area contributed by atoms with E-state index < -0.39 is 5.97 Å². The van der Waals surface area contributed by atoms with Crippen LogP contribution < -0.4 is 5.56 Å². The Morgan fingerprint density at radius 1 is 1.29 bits per heavy atom. The predicted octanol–water partition coefficient (Wildman–Crippen LogP) is 4.61. The van der Waals surface area contributed by atoms with Crippen molar-refractivity contribution in [1.29, 1.82) is 0 Å². The number of nitrogens with zero attached hydrogens (tertiary/aromatic N) is 3. The van der Waals surface area contributed by atoms with E-state index in [1.807, 2.05) is 0 Å². The van der Waals surface area contributed by atoms with Gasteiger partial charge in [0.25, 0.3) is 5.56 Å². The maximum absolute atomic E-state index is 12.8. The second-order valence-corrected chi connectivity index (χ2v) is 8.87. The first-order chi connectivity index (χ1) is 15.0. The molecular weight excluding hydrogens is 438 g/mol. The van der Waals surface area contributed by atoms with Crippen LogP contribution in [0.3, 0.4) is 0 Å². The fourth-order valence-corrected chi connectivity index (χ4v) is 5.33. The van der Waals surface area contributed by atoms with E-state index in [0.717, 1.165) is 31.4 Å². The highest BCUT2D eigenvalue weighted by molar-refractivity contribution is 7.17. The van der Waals surface area contributed by atoms with Gasteiger partial charge in [0.15, 0.2) is 4.96 Å². The molecule has 9 heteroatoms. The number of esters is 1. The molecule has 0 spiro atoms. The highest BCUT2D eigenvalue weighted by Crippen LogP contribution is 2.32. The summed E-state index contributed by atoms with van der Waals surface area (Å²) in [5.74, 6) is -0.282. The molecule has 1 aromatic carbocycles. The number of rotatable bonds is 4. The molecule has 1 aliphatic carbocycles. The third-order valence-electron chi connectivity index (χ3n) is 5.36. The van der Waals surface area contributed by atoms with Crippen LogP contribution in [0.1, 0.15) is 45.2 Å². The van der Waals surface area contributed by atoms with Gasteiger partial charge in [0, 0.05) is 22.2 Å². The summed E-state index contributed by atoms with van der Waals surface area (Å²) in [6.45, 7) is 1.51. The monoisotopic (exact) mass is 455 g/mol. The summed E-state index contributed by atoms with van der Waals surface area (Å²) in [6, 6.07) is 8.49. The molecule has 0 radical (unpaired) electrons. The van der Waals surface area contributed by atoms with E-state index >= 15 is 0 Å². The first kappa shape index (κ1) is 20.0. The molecule has 0 bridgehead atoms. The topological polar surface area (TPSA) is 86.7 Å². The molecule has 0 saturated heterocycles. The lowest BCUT2D eigenvalue weighted by atomic mass is 10.0. The van der Waals surface area contributed by atoms with Gasteiger partial charge in [-0.2, -0.15) is 0 Å². The number of benzene rings is 1. The minimum Gasteiger partial charge on any atom is -0.455 e. The molecule has 0 unspecified atom stereocenters. The summed E-state index contributed by atoms with van der Waals surface area (Å²) >= 11 is 7.79. The van der Waals surface area contributed by atoms with Crippen LogP contribution in [-0.2, 0) is 24.2 Å². The number of halogens is 1. The summed E-state index contributed by atoms with van der Waals surface area (Å²) in [7, 11) is 0. The van der Waals surface area contributed by atoms with Crippen LogP contribution in [0.15, 0.2) is 39.6 Å². The number of fused-ring (bicyclic) bond motifs is 3. The number of carbonyl (C=O) groups excluding carboxylic acids is 1. The number of hydrogen-bond acceptors (Lipinski definition) is 7.